The van der Waals surface area contributed by atoms with E-state index in [1.807, 2.05) is 49.4 Å². The van der Waals surface area contributed by atoms with Crippen LogP contribution in [-0.2, 0) is 16.4 Å². The zero-order valence-electron chi connectivity index (χ0n) is 23.8. The summed E-state index contributed by atoms with van der Waals surface area (Å²) in [5.74, 6) is 0.842. The van der Waals surface area contributed by atoms with Gasteiger partial charge in [-0.05, 0) is 86.2 Å². The number of carbonyl (C=O) groups is 1. The number of hydrogen-bond acceptors (Lipinski definition) is 4. The summed E-state index contributed by atoms with van der Waals surface area (Å²) in [6, 6.07) is 21.6. The number of sulfone groups is 1. The minimum atomic E-state index is -3.31. The van der Waals surface area contributed by atoms with Gasteiger partial charge in [-0.1, -0.05) is 50.2 Å². The smallest absolute Gasteiger partial charge is 0.251 e. The average Bonchev–Trinajstić information content (AvgIpc) is 3.12. The molecule has 0 aliphatic carbocycles. The van der Waals surface area contributed by atoms with Gasteiger partial charge in [-0.3, -0.25) is 4.79 Å². The lowest BCUT2D eigenvalue weighted by atomic mass is 9.98. The Morgan fingerprint density at radius 2 is 1.62 bits per heavy atom. The molecule has 0 saturated heterocycles. The molecule has 4 rings (SSSR count). The second kappa shape index (κ2) is 11.3. The summed E-state index contributed by atoms with van der Waals surface area (Å²) in [7, 11) is -3.31. The number of nitrogens with one attached hydrogen (secondary N) is 1. The van der Waals surface area contributed by atoms with Crippen LogP contribution in [0.25, 0.3) is 10.9 Å². The van der Waals surface area contributed by atoms with Crippen LogP contribution in [0.15, 0.2) is 66.7 Å². The Morgan fingerprint density at radius 3 is 2.31 bits per heavy atom. The number of hydrogen-bond donors (Lipinski definition) is 1. The Bertz CT molecular complexity index is 1620. The van der Waals surface area contributed by atoms with Gasteiger partial charge in [0.05, 0.1) is 6.04 Å². The third-order valence-electron chi connectivity index (χ3n) is 7.47. The molecule has 0 saturated carbocycles. The van der Waals surface area contributed by atoms with Gasteiger partial charge in [0, 0.05) is 35.0 Å². The van der Waals surface area contributed by atoms with E-state index in [-0.39, 0.29) is 11.9 Å². The molecule has 2 atom stereocenters. The summed E-state index contributed by atoms with van der Waals surface area (Å²) in [5, 5.41) is 4.19. The molecule has 1 heterocycles. The average molecular weight is 547 g/mol. The number of benzene rings is 3. The van der Waals surface area contributed by atoms with E-state index in [1.54, 1.807) is 6.07 Å². The van der Waals surface area contributed by atoms with E-state index >= 15 is 0 Å². The Labute approximate surface area is 231 Å². The Balaban J connectivity index is 1.56. The quantitative estimate of drug-likeness (QED) is 0.254. The van der Waals surface area contributed by atoms with Gasteiger partial charge in [-0.25, -0.2) is 8.42 Å². The van der Waals surface area contributed by atoms with Crippen molar-refractivity contribution in [3.63, 3.8) is 0 Å². The van der Waals surface area contributed by atoms with E-state index in [4.69, 9.17) is 4.74 Å². The molecule has 0 fully saturated rings. The van der Waals surface area contributed by atoms with Gasteiger partial charge in [0.15, 0.2) is 15.3 Å². The summed E-state index contributed by atoms with van der Waals surface area (Å²) in [6.45, 7) is 12.6. The van der Waals surface area contributed by atoms with Crippen LogP contribution in [0.4, 0.5) is 0 Å². The first-order valence-electron chi connectivity index (χ1n) is 13.3. The van der Waals surface area contributed by atoms with Crippen LogP contribution in [0.2, 0.25) is 0 Å². The van der Waals surface area contributed by atoms with Gasteiger partial charge < -0.3 is 14.6 Å². The van der Waals surface area contributed by atoms with Crippen molar-refractivity contribution in [2.75, 3.05) is 6.26 Å². The molecule has 2 unspecified atom stereocenters. The van der Waals surface area contributed by atoms with Crippen LogP contribution >= 0.6 is 0 Å². The molecule has 6 nitrogen and oxygen atoms in total. The monoisotopic (exact) mass is 546 g/mol. The normalized spacial score (nSPS) is 13.4. The predicted octanol–water partition coefficient (Wildman–Crippen LogP) is 6.69. The maximum Gasteiger partial charge on any atom is 0.251 e. The molecular formula is C32H38N2O4S. The van der Waals surface area contributed by atoms with E-state index < -0.39 is 15.3 Å². The zero-order valence-corrected chi connectivity index (χ0v) is 24.6. The standard InChI is InChI=1S/C32H38N2O4S/c1-20(2)26-11-9-12-27(17-26)22(4)33-32(35)28-14-15-31-30(18-28)21(3)23(5)34(31)19-25-10-8-13-29(16-25)38-24(6)39(7,36)37/h8-18,20,22,24H,19H2,1-7H3,(H,33,35). The van der Waals surface area contributed by atoms with E-state index in [1.165, 1.54) is 18.7 Å². The van der Waals surface area contributed by atoms with Crippen molar-refractivity contribution >= 4 is 26.6 Å². The molecule has 7 heteroatoms. The Morgan fingerprint density at radius 1 is 0.923 bits per heavy atom. The fourth-order valence-corrected chi connectivity index (χ4v) is 5.01. The number of aryl methyl sites for hydroxylation is 1. The van der Waals surface area contributed by atoms with E-state index in [9.17, 15) is 13.2 Å². The Hall–Kier alpha value is -3.58. The van der Waals surface area contributed by atoms with Crippen LogP contribution in [-0.4, -0.2) is 30.6 Å². The minimum Gasteiger partial charge on any atom is -0.475 e. The highest BCUT2D eigenvalue weighted by atomic mass is 32.2. The minimum absolute atomic E-state index is 0.103. The lowest BCUT2D eigenvalue weighted by Crippen LogP contribution is -2.26. The first-order valence-corrected chi connectivity index (χ1v) is 15.2. The highest BCUT2D eigenvalue weighted by molar-refractivity contribution is 7.91. The number of aromatic nitrogens is 1. The van der Waals surface area contributed by atoms with Gasteiger partial charge in [-0.2, -0.15) is 0 Å². The van der Waals surface area contributed by atoms with Crippen molar-refractivity contribution in [2.24, 2.45) is 0 Å². The third-order valence-corrected chi connectivity index (χ3v) is 8.77. The summed E-state index contributed by atoms with van der Waals surface area (Å²) in [6.07, 6.45) is 1.17. The van der Waals surface area contributed by atoms with Crippen molar-refractivity contribution in [1.29, 1.82) is 0 Å². The number of ether oxygens (including phenoxy) is 1. The van der Waals surface area contributed by atoms with Crippen molar-refractivity contribution in [2.45, 2.75) is 65.5 Å². The highest BCUT2D eigenvalue weighted by Gasteiger charge is 2.18. The van der Waals surface area contributed by atoms with Crippen LogP contribution in [0, 0.1) is 13.8 Å². The topological polar surface area (TPSA) is 77.4 Å². The highest BCUT2D eigenvalue weighted by Crippen LogP contribution is 2.28. The molecule has 3 aromatic carbocycles. The molecule has 0 radical (unpaired) electrons. The number of carbonyl (C=O) groups excluding carboxylic acids is 1. The van der Waals surface area contributed by atoms with Gasteiger partial charge in [0.25, 0.3) is 5.91 Å². The zero-order chi connectivity index (χ0) is 28.5. The second-order valence-corrected chi connectivity index (χ2v) is 13.0. The molecule has 1 N–H and O–H groups in total. The molecule has 4 aromatic rings. The summed E-state index contributed by atoms with van der Waals surface area (Å²) in [4.78, 5) is 13.2. The number of amides is 1. The van der Waals surface area contributed by atoms with E-state index in [2.05, 4.69) is 55.8 Å². The fourth-order valence-electron chi connectivity index (χ4n) is 4.72. The number of rotatable bonds is 9. The molecule has 1 amide bonds. The summed E-state index contributed by atoms with van der Waals surface area (Å²) >= 11 is 0. The number of fused-ring (bicyclic) bond motifs is 1. The lowest BCUT2D eigenvalue weighted by molar-refractivity contribution is 0.0940. The van der Waals surface area contributed by atoms with E-state index in [0.717, 1.165) is 33.3 Å². The second-order valence-electron chi connectivity index (χ2n) is 10.7. The first kappa shape index (κ1) is 28.4. The maximum absolute atomic E-state index is 13.2. The van der Waals surface area contributed by atoms with Crippen LogP contribution < -0.4 is 10.1 Å². The van der Waals surface area contributed by atoms with Crippen molar-refractivity contribution in [1.82, 2.24) is 9.88 Å². The Kier molecular flexibility index (Phi) is 8.21. The SMILES string of the molecule is Cc1c(C)n(Cc2cccc(OC(C)S(C)(=O)=O)c2)c2ccc(C(=O)NC(C)c3cccc(C(C)C)c3)cc12. The van der Waals surface area contributed by atoms with Crippen molar-refractivity contribution in [3.05, 3.63) is 100 Å². The first-order chi connectivity index (χ1) is 18.3. The van der Waals surface area contributed by atoms with Gasteiger partial charge in [0.1, 0.15) is 5.75 Å². The molecule has 0 bridgehead atoms. The summed E-state index contributed by atoms with van der Waals surface area (Å²) < 4.78 is 31.5. The summed E-state index contributed by atoms with van der Waals surface area (Å²) in [5.41, 5.74) is 6.31. The van der Waals surface area contributed by atoms with Crippen molar-refractivity contribution < 1.29 is 17.9 Å². The fraction of sp³-hybridized carbons (Fsp3) is 0.344. The van der Waals surface area contributed by atoms with Crippen LogP contribution in [0.5, 0.6) is 5.75 Å². The largest absolute Gasteiger partial charge is 0.475 e. The predicted molar refractivity (Wildman–Crippen MR) is 158 cm³/mol. The molecular weight excluding hydrogens is 508 g/mol. The van der Waals surface area contributed by atoms with Crippen LogP contribution in [0.3, 0.4) is 0 Å². The number of nitrogens with zero attached hydrogens (tertiary/aromatic N) is 1. The molecule has 206 valence electrons. The van der Waals surface area contributed by atoms with Gasteiger partial charge >= 0.3 is 0 Å². The van der Waals surface area contributed by atoms with Gasteiger partial charge in [0.2, 0.25) is 0 Å². The lowest BCUT2D eigenvalue weighted by Gasteiger charge is -2.17. The van der Waals surface area contributed by atoms with Crippen molar-refractivity contribution in [3.8, 4) is 5.75 Å². The molecule has 39 heavy (non-hydrogen) atoms. The maximum atomic E-state index is 13.2. The molecule has 1 aromatic heterocycles. The third kappa shape index (κ3) is 6.36. The molecule has 0 aliphatic heterocycles. The molecule has 0 spiro atoms. The van der Waals surface area contributed by atoms with E-state index in [0.29, 0.717) is 23.8 Å². The van der Waals surface area contributed by atoms with Crippen LogP contribution in [0.1, 0.15) is 78.0 Å². The molecule has 0 aliphatic rings. The van der Waals surface area contributed by atoms with Gasteiger partial charge in [-0.15, -0.1) is 0 Å².